The number of carbonyl (C=O) groups excluding carboxylic acids is 2. The fourth-order valence-corrected chi connectivity index (χ4v) is 2.22. The molecule has 2 aromatic rings. The molecule has 0 spiro atoms. The summed E-state index contributed by atoms with van der Waals surface area (Å²) in [5, 5.41) is 13.0. The third-order valence-corrected chi connectivity index (χ3v) is 3.20. The maximum Gasteiger partial charge on any atom is 0.325 e. The van der Waals surface area contributed by atoms with Gasteiger partial charge in [-0.1, -0.05) is 0 Å². The Morgan fingerprint density at radius 1 is 1.25 bits per heavy atom. The Balaban J connectivity index is 1.90. The van der Waals surface area contributed by atoms with Crippen molar-refractivity contribution in [3.05, 3.63) is 23.7 Å². The lowest BCUT2D eigenvalue weighted by atomic mass is 10.3. The number of hydrogen-bond acceptors (Lipinski definition) is 5. The molecule has 1 heterocycles. The van der Waals surface area contributed by atoms with E-state index in [1.165, 1.54) is 11.3 Å². The molecule has 0 fully saturated rings. The summed E-state index contributed by atoms with van der Waals surface area (Å²) in [5.74, 6) is -1.72. The van der Waals surface area contributed by atoms with Crippen LogP contribution in [0.1, 0.15) is 12.8 Å². The van der Waals surface area contributed by atoms with E-state index in [2.05, 4.69) is 15.6 Å². The molecule has 7 nitrogen and oxygen atoms in total. The van der Waals surface area contributed by atoms with Gasteiger partial charge in [0.1, 0.15) is 0 Å². The Kier molecular flexibility index (Phi) is 4.26. The van der Waals surface area contributed by atoms with Crippen LogP contribution in [0.4, 0.5) is 10.5 Å². The number of urea groups is 1. The predicted molar refractivity (Wildman–Crippen MR) is 73.7 cm³/mol. The number of carboxylic acids is 1. The molecule has 0 aliphatic rings. The van der Waals surface area contributed by atoms with Crippen molar-refractivity contribution in [3.8, 4) is 0 Å². The van der Waals surface area contributed by atoms with Gasteiger partial charge in [0.15, 0.2) is 0 Å². The number of anilines is 1. The smallest absolute Gasteiger partial charge is 0.325 e. The van der Waals surface area contributed by atoms with Crippen LogP contribution in [0.25, 0.3) is 10.2 Å². The van der Waals surface area contributed by atoms with E-state index in [9.17, 15) is 14.4 Å². The normalized spacial score (nSPS) is 10.2. The third-order valence-electron chi connectivity index (χ3n) is 2.41. The van der Waals surface area contributed by atoms with E-state index in [1.807, 2.05) is 0 Å². The van der Waals surface area contributed by atoms with Crippen LogP contribution >= 0.6 is 11.3 Å². The highest BCUT2D eigenvalue weighted by molar-refractivity contribution is 7.16. The summed E-state index contributed by atoms with van der Waals surface area (Å²) in [6.45, 7) is 0. The molecule has 0 atom stereocenters. The molecular formula is C12H11N3O4S. The Morgan fingerprint density at radius 3 is 2.80 bits per heavy atom. The van der Waals surface area contributed by atoms with Gasteiger partial charge < -0.3 is 10.4 Å². The quantitative estimate of drug-likeness (QED) is 0.796. The zero-order chi connectivity index (χ0) is 14.5. The molecular weight excluding hydrogens is 282 g/mol. The van der Waals surface area contributed by atoms with Gasteiger partial charge in [0, 0.05) is 12.1 Å². The second-order valence-corrected chi connectivity index (χ2v) is 4.82. The molecule has 3 N–H and O–H groups in total. The van der Waals surface area contributed by atoms with E-state index >= 15 is 0 Å². The molecule has 2 rings (SSSR count). The number of carbonyl (C=O) groups is 3. The second kappa shape index (κ2) is 6.11. The topological polar surface area (TPSA) is 108 Å². The van der Waals surface area contributed by atoms with Gasteiger partial charge in [-0.3, -0.25) is 14.9 Å². The van der Waals surface area contributed by atoms with Crippen molar-refractivity contribution in [1.29, 1.82) is 0 Å². The summed E-state index contributed by atoms with van der Waals surface area (Å²) < 4.78 is 0.917. The van der Waals surface area contributed by atoms with Crippen molar-refractivity contribution in [2.24, 2.45) is 0 Å². The maximum atomic E-state index is 11.5. The van der Waals surface area contributed by atoms with Crippen molar-refractivity contribution >= 4 is 45.1 Å². The van der Waals surface area contributed by atoms with Crippen LogP contribution in [0, 0.1) is 0 Å². The first-order valence-electron chi connectivity index (χ1n) is 5.70. The number of amides is 3. The van der Waals surface area contributed by atoms with E-state index in [-0.39, 0.29) is 12.8 Å². The van der Waals surface area contributed by atoms with Crippen molar-refractivity contribution in [1.82, 2.24) is 10.3 Å². The Hall–Kier alpha value is -2.48. The molecule has 3 amide bonds. The van der Waals surface area contributed by atoms with Crippen molar-refractivity contribution in [2.75, 3.05) is 5.32 Å². The van der Waals surface area contributed by atoms with Crippen LogP contribution in [0.5, 0.6) is 0 Å². The number of imide groups is 1. The first-order valence-corrected chi connectivity index (χ1v) is 6.58. The summed E-state index contributed by atoms with van der Waals surface area (Å²) >= 11 is 1.44. The van der Waals surface area contributed by atoms with Gasteiger partial charge in [-0.25, -0.2) is 9.78 Å². The monoisotopic (exact) mass is 293 g/mol. The lowest BCUT2D eigenvalue weighted by molar-refractivity contribution is -0.138. The predicted octanol–water partition coefficient (Wildman–Crippen LogP) is 1.81. The standard InChI is InChI=1S/C12H11N3O4S/c16-10(3-4-11(17)18)15-12(19)14-7-1-2-8-9(5-7)20-6-13-8/h1-2,5-6H,3-4H2,(H,17,18)(H2,14,15,16,19). The van der Waals surface area contributed by atoms with Gasteiger partial charge in [0.05, 0.1) is 22.1 Å². The van der Waals surface area contributed by atoms with Crippen LogP contribution in [0.3, 0.4) is 0 Å². The summed E-state index contributed by atoms with van der Waals surface area (Å²) in [6, 6.07) is 4.48. The molecule has 0 aliphatic carbocycles. The molecule has 0 radical (unpaired) electrons. The Bertz CT molecular complexity index is 668. The fraction of sp³-hybridized carbons (Fsp3) is 0.167. The zero-order valence-corrected chi connectivity index (χ0v) is 11.1. The molecule has 1 aromatic heterocycles. The highest BCUT2D eigenvalue weighted by Crippen LogP contribution is 2.21. The number of rotatable bonds is 4. The average molecular weight is 293 g/mol. The number of carboxylic acid groups (broad SMARTS) is 1. The number of hydrogen-bond donors (Lipinski definition) is 3. The van der Waals surface area contributed by atoms with Crippen LogP contribution in [0.2, 0.25) is 0 Å². The molecule has 20 heavy (non-hydrogen) atoms. The van der Waals surface area contributed by atoms with Crippen molar-refractivity contribution in [2.45, 2.75) is 12.8 Å². The minimum absolute atomic E-state index is 0.239. The SMILES string of the molecule is O=C(O)CCC(=O)NC(=O)Nc1ccc2ncsc2c1. The average Bonchev–Trinajstić information content (AvgIpc) is 2.83. The fourth-order valence-electron chi connectivity index (χ4n) is 1.50. The highest BCUT2D eigenvalue weighted by Gasteiger charge is 2.10. The number of fused-ring (bicyclic) bond motifs is 1. The van der Waals surface area contributed by atoms with Gasteiger partial charge in [0.2, 0.25) is 5.91 Å². The third kappa shape index (κ3) is 3.75. The van der Waals surface area contributed by atoms with Crippen LogP contribution in [0.15, 0.2) is 23.7 Å². The minimum atomic E-state index is -1.09. The number of aliphatic carboxylic acids is 1. The van der Waals surface area contributed by atoms with Gasteiger partial charge in [-0.05, 0) is 18.2 Å². The molecule has 0 unspecified atom stereocenters. The number of nitrogens with one attached hydrogen (secondary N) is 2. The largest absolute Gasteiger partial charge is 0.481 e. The first-order chi connectivity index (χ1) is 9.54. The van der Waals surface area contributed by atoms with Gasteiger partial charge in [-0.2, -0.15) is 0 Å². The molecule has 104 valence electrons. The summed E-state index contributed by atoms with van der Waals surface area (Å²) in [4.78, 5) is 37.2. The molecule has 0 bridgehead atoms. The van der Waals surface area contributed by atoms with Gasteiger partial charge in [-0.15, -0.1) is 11.3 Å². The molecule has 0 saturated heterocycles. The molecule has 8 heteroatoms. The minimum Gasteiger partial charge on any atom is -0.481 e. The summed E-state index contributed by atoms with van der Waals surface area (Å²) in [6.07, 6.45) is -0.553. The number of thiazole rings is 1. The van der Waals surface area contributed by atoms with E-state index in [4.69, 9.17) is 5.11 Å². The van der Waals surface area contributed by atoms with E-state index in [0.717, 1.165) is 10.2 Å². The Morgan fingerprint density at radius 2 is 2.05 bits per heavy atom. The van der Waals surface area contributed by atoms with Crippen molar-refractivity contribution in [3.63, 3.8) is 0 Å². The van der Waals surface area contributed by atoms with Crippen LogP contribution < -0.4 is 10.6 Å². The van der Waals surface area contributed by atoms with Crippen molar-refractivity contribution < 1.29 is 19.5 Å². The van der Waals surface area contributed by atoms with Crippen LogP contribution in [-0.4, -0.2) is 28.0 Å². The molecule has 1 aromatic carbocycles. The van der Waals surface area contributed by atoms with E-state index in [0.29, 0.717) is 5.69 Å². The summed E-state index contributed by atoms with van der Waals surface area (Å²) in [7, 11) is 0. The molecule has 0 aliphatic heterocycles. The zero-order valence-electron chi connectivity index (χ0n) is 10.3. The maximum absolute atomic E-state index is 11.5. The second-order valence-electron chi connectivity index (χ2n) is 3.93. The number of nitrogens with zero attached hydrogens (tertiary/aromatic N) is 1. The molecule has 0 saturated carbocycles. The van der Waals surface area contributed by atoms with E-state index in [1.54, 1.807) is 23.7 Å². The van der Waals surface area contributed by atoms with Crippen LogP contribution in [-0.2, 0) is 9.59 Å². The lowest BCUT2D eigenvalue weighted by Gasteiger charge is -2.06. The first kappa shape index (κ1) is 13.9. The Labute approximate surface area is 117 Å². The summed E-state index contributed by atoms with van der Waals surface area (Å²) in [5.41, 5.74) is 3.06. The number of benzene rings is 1. The van der Waals surface area contributed by atoms with E-state index < -0.39 is 17.9 Å². The lowest BCUT2D eigenvalue weighted by Crippen LogP contribution is -2.34. The van der Waals surface area contributed by atoms with Gasteiger partial charge >= 0.3 is 12.0 Å². The van der Waals surface area contributed by atoms with Gasteiger partial charge in [0.25, 0.3) is 0 Å². The number of aromatic nitrogens is 1. The highest BCUT2D eigenvalue weighted by atomic mass is 32.1.